The van der Waals surface area contributed by atoms with Crippen molar-refractivity contribution >= 4 is 22.6 Å². The fourth-order valence-electron chi connectivity index (χ4n) is 3.14. The van der Waals surface area contributed by atoms with Crippen LogP contribution in [0.3, 0.4) is 0 Å². The van der Waals surface area contributed by atoms with Crippen LogP contribution in [-0.2, 0) is 11.3 Å². The Kier molecular flexibility index (Phi) is 5.29. The summed E-state index contributed by atoms with van der Waals surface area (Å²) in [6.07, 6.45) is 2.01. The third-order valence-corrected chi connectivity index (χ3v) is 5.47. The summed E-state index contributed by atoms with van der Waals surface area (Å²) in [7, 11) is 0. The number of rotatable bonds is 4. The van der Waals surface area contributed by atoms with Gasteiger partial charge < -0.3 is 9.84 Å². The van der Waals surface area contributed by atoms with E-state index < -0.39 is 40.9 Å². The van der Waals surface area contributed by atoms with Crippen LogP contribution in [0, 0.1) is 10.5 Å². The van der Waals surface area contributed by atoms with Gasteiger partial charge in [-0.15, -0.1) is 5.10 Å². The van der Waals surface area contributed by atoms with Crippen LogP contribution < -0.4 is 22.5 Å². The number of aryl methyl sites for hydroxylation is 1. The molecule has 30 heavy (non-hydrogen) atoms. The quantitative estimate of drug-likeness (QED) is 0.334. The number of hydrogen-bond donors (Lipinski definition) is 3. The molecule has 158 valence electrons. The van der Waals surface area contributed by atoms with Crippen LogP contribution in [0.5, 0.6) is 0 Å². The predicted molar refractivity (Wildman–Crippen MR) is 110 cm³/mol. The molecule has 14 heteroatoms. The molecule has 0 amide bonds. The lowest BCUT2D eigenvalue weighted by Crippen LogP contribution is -2.33. The van der Waals surface area contributed by atoms with E-state index in [9.17, 15) is 24.3 Å². The lowest BCUT2D eigenvalue weighted by Gasteiger charge is -2.16. The van der Waals surface area contributed by atoms with Crippen molar-refractivity contribution in [2.75, 3.05) is 0 Å². The molecule has 3 N–H and O–H groups in total. The second-order valence-electron chi connectivity index (χ2n) is 6.82. The first kappa shape index (κ1) is 20.4. The third-order valence-electron chi connectivity index (χ3n) is 4.70. The van der Waals surface area contributed by atoms with E-state index in [1.807, 2.05) is 0 Å². The van der Waals surface area contributed by atoms with Crippen molar-refractivity contribution in [2.45, 2.75) is 38.3 Å². The summed E-state index contributed by atoms with van der Waals surface area (Å²) in [5.41, 5.74) is -1.91. The molecule has 0 radical (unpaired) electrons. The molecule has 4 rings (SSSR count). The molecule has 4 heterocycles. The lowest BCUT2D eigenvalue weighted by atomic mass is 10.2. The molecule has 0 unspecified atom stereocenters. The van der Waals surface area contributed by atoms with Gasteiger partial charge in [-0.25, -0.2) is 18.8 Å². The zero-order valence-electron chi connectivity index (χ0n) is 15.5. The molecule has 1 aliphatic heterocycles. The van der Waals surface area contributed by atoms with Crippen LogP contribution in [0.2, 0.25) is 0 Å². The number of aromatic nitrogens is 7. The highest BCUT2D eigenvalue weighted by Gasteiger charge is 2.36. The molecule has 0 bridgehead atoms. The summed E-state index contributed by atoms with van der Waals surface area (Å²) >= 11 is 1.80. The van der Waals surface area contributed by atoms with Gasteiger partial charge in [0.1, 0.15) is 12.3 Å². The number of aliphatic hydroxyl groups is 1. The summed E-state index contributed by atoms with van der Waals surface area (Å²) in [4.78, 5) is 51.5. The van der Waals surface area contributed by atoms with Gasteiger partial charge >= 0.3 is 11.4 Å². The summed E-state index contributed by atoms with van der Waals surface area (Å²) in [5, 5.41) is 18.2. The fourth-order valence-corrected chi connectivity index (χ4v) is 3.55. The van der Waals surface area contributed by atoms with E-state index in [1.54, 1.807) is 29.5 Å². The van der Waals surface area contributed by atoms with Gasteiger partial charge in [0.25, 0.3) is 11.1 Å². The number of H-pyrrole nitrogens is 2. The monoisotopic (exact) mass is 529 g/mol. The smallest absolute Gasteiger partial charge is 0.334 e. The second kappa shape index (κ2) is 7.77. The van der Waals surface area contributed by atoms with Crippen LogP contribution >= 0.6 is 22.6 Å². The molecule has 0 aliphatic carbocycles. The normalized spacial score (nSPS) is 21.2. The molecule has 1 fully saturated rings. The van der Waals surface area contributed by atoms with Crippen LogP contribution in [0.4, 0.5) is 0 Å². The number of nitrogens with zero attached hydrogens (tertiary/aromatic N) is 5. The molecule has 3 aromatic rings. The average Bonchev–Trinajstić information content (AvgIpc) is 3.28. The highest BCUT2D eigenvalue weighted by molar-refractivity contribution is 14.1. The van der Waals surface area contributed by atoms with Gasteiger partial charge in [-0.05, 0) is 29.5 Å². The number of hydrogen-bond acceptors (Lipinski definition) is 8. The molecule has 0 spiro atoms. The topological polar surface area (TPSA) is 170 Å². The minimum Gasteiger partial charge on any atom is -0.390 e. The minimum absolute atomic E-state index is 0.108. The molecule has 3 aromatic heterocycles. The standard InChI is InChI=1S/C16H16IN7O6/c1-7-3-24(16(29)18-13(7)26)12-2-9(25)10(30-12)5-22-6-11(20-21-22)23-4-8(17)14(27)19-15(23)28/h3-4,6,9-10,12,25H,2,5H2,1H3,(H,18,26,29)(H,19,27,28)/t9-,10+,12+/m0/s1. The number of ether oxygens (including phenoxy) is 1. The Labute approximate surface area is 180 Å². The van der Waals surface area contributed by atoms with Crippen molar-refractivity contribution in [1.29, 1.82) is 0 Å². The maximum absolute atomic E-state index is 12.1. The van der Waals surface area contributed by atoms with Gasteiger partial charge in [-0.1, -0.05) is 5.21 Å². The van der Waals surface area contributed by atoms with Gasteiger partial charge in [0.05, 0.1) is 22.4 Å². The van der Waals surface area contributed by atoms with E-state index in [0.717, 1.165) is 4.57 Å². The highest BCUT2D eigenvalue weighted by Crippen LogP contribution is 2.28. The van der Waals surface area contributed by atoms with Gasteiger partial charge in [0, 0.05) is 24.4 Å². The molecule has 0 aromatic carbocycles. The predicted octanol–water partition coefficient (Wildman–Crippen LogP) is -1.77. The van der Waals surface area contributed by atoms with E-state index in [0.29, 0.717) is 9.13 Å². The Balaban J connectivity index is 1.54. The van der Waals surface area contributed by atoms with E-state index in [4.69, 9.17) is 4.74 Å². The zero-order chi connectivity index (χ0) is 21.6. The average molecular weight is 529 g/mol. The maximum atomic E-state index is 12.1. The molecule has 3 atom stereocenters. The molecule has 13 nitrogen and oxygen atoms in total. The van der Waals surface area contributed by atoms with E-state index in [-0.39, 0.29) is 18.8 Å². The van der Waals surface area contributed by atoms with E-state index in [2.05, 4.69) is 20.3 Å². The van der Waals surface area contributed by atoms with Gasteiger partial charge in [-0.3, -0.25) is 24.1 Å². The Morgan fingerprint density at radius 3 is 2.67 bits per heavy atom. The maximum Gasteiger partial charge on any atom is 0.334 e. The molecular formula is C16H16IN7O6. The summed E-state index contributed by atoms with van der Waals surface area (Å²) in [6, 6.07) is 0. The highest BCUT2D eigenvalue weighted by atomic mass is 127. The SMILES string of the molecule is Cc1cn([C@H]2C[C@H](O)[C@@H](Cn3cc(-n4cc(I)c(=O)[nH]c4=O)nn3)O2)c(=O)[nH]c1=O. The Morgan fingerprint density at radius 1 is 1.17 bits per heavy atom. The van der Waals surface area contributed by atoms with Crippen molar-refractivity contribution < 1.29 is 9.84 Å². The minimum atomic E-state index is -0.890. The summed E-state index contributed by atoms with van der Waals surface area (Å²) < 4.78 is 9.86. The Bertz CT molecular complexity index is 1340. The first-order chi connectivity index (χ1) is 14.2. The number of nitrogens with one attached hydrogen (secondary N) is 2. The van der Waals surface area contributed by atoms with E-state index in [1.165, 1.54) is 27.8 Å². The number of halogens is 1. The Hall–Kier alpha value is -2.85. The first-order valence-corrected chi connectivity index (χ1v) is 9.88. The third kappa shape index (κ3) is 3.80. The van der Waals surface area contributed by atoms with Gasteiger partial charge in [-0.2, -0.15) is 0 Å². The summed E-state index contributed by atoms with van der Waals surface area (Å²) in [6.45, 7) is 1.67. The molecule has 1 aliphatic rings. The second-order valence-corrected chi connectivity index (χ2v) is 7.98. The molecular weight excluding hydrogens is 513 g/mol. The van der Waals surface area contributed by atoms with Crippen LogP contribution in [0.15, 0.2) is 37.8 Å². The van der Waals surface area contributed by atoms with Crippen molar-refractivity contribution in [3.8, 4) is 5.82 Å². The van der Waals surface area contributed by atoms with Gasteiger partial charge in [0.2, 0.25) is 0 Å². The van der Waals surface area contributed by atoms with Gasteiger partial charge in [0.15, 0.2) is 5.82 Å². The Morgan fingerprint density at radius 2 is 1.90 bits per heavy atom. The molecule has 0 saturated carbocycles. The number of aromatic amines is 2. The van der Waals surface area contributed by atoms with E-state index >= 15 is 0 Å². The van der Waals surface area contributed by atoms with Crippen LogP contribution in [-0.4, -0.2) is 51.4 Å². The lowest BCUT2D eigenvalue weighted by molar-refractivity contribution is -0.0302. The van der Waals surface area contributed by atoms with Crippen molar-refractivity contribution in [1.82, 2.24) is 34.1 Å². The first-order valence-electron chi connectivity index (χ1n) is 8.80. The van der Waals surface area contributed by atoms with Crippen LogP contribution in [0.25, 0.3) is 5.82 Å². The van der Waals surface area contributed by atoms with Crippen molar-refractivity contribution in [3.05, 3.63) is 69.4 Å². The summed E-state index contributed by atoms with van der Waals surface area (Å²) in [5.74, 6) is 0.186. The number of aliphatic hydroxyl groups excluding tert-OH is 1. The zero-order valence-corrected chi connectivity index (χ0v) is 17.6. The fraction of sp³-hybridized carbons (Fsp3) is 0.375. The largest absolute Gasteiger partial charge is 0.390 e. The van der Waals surface area contributed by atoms with Crippen LogP contribution in [0.1, 0.15) is 18.2 Å². The van der Waals surface area contributed by atoms with Crippen molar-refractivity contribution in [2.24, 2.45) is 0 Å². The molecule has 1 saturated heterocycles. The van der Waals surface area contributed by atoms with Crippen molar-refractivity contribution in [3.63, 3.8) is 0 Å².